The van der Waals surface area contributed by atoms with Gasteiger partial charge in [0.1, 0.15) is 0 Å². The van der Waals surface area contributed by atoms with Crippen LogP contribution in [0.15, 0.2) is 0 Å². The topological polar surface area (TPSA) is 104 Å². The number of carboxylic acid groups (broad SMARTS) is 1. The van der Waals surface area contributed by atoms with Crippen LogP contribution in [0, 0.1) is 0 Å². The van der Waals surface area contributed by atoms with E-state index in [2.05, 4.69) is 11.7 Å². The second-order valence-corrected chi connectivity index (χ2v) is 5.46. The predicted molar refractivity (Wildman–Crippen MR) is 78.6 cm³/mol. The molecule has 0 aromatic carbocycles. The van der Waals surface area contributed by atoms with E-state index >= 15 is 0 Å². The van der Waals surface area contributed by atoms with Crippen LogP contribution < -0.4 is 34.7 Å². The zero-order valence-electron chi connectivity index (χ0n) is 14.3. The van der Waals surface area contributed by atoms with E-state index in [1.807, 2.05) is 0 Å². The van der Waals surface area contributed by atoms with Crippen molar-refractivity contribution in [2.24, 2.45) is 0 Å². The van der Waals surface area contributed by atoms with E-state index < -0.39 is 30.4 Å². The molecule has 1 N–H and O–H groups in total. The average molecular weight is 338 g/mol. The van der Waals surface area contributed by atoms with Gasteiger partial charge in [0.2, 0.25) is 0 Å². The Kier molecular flexibility index (Phi) is 17.7. The SMILES string of the molecule is CCCCCCCCCCCC(=O)OC(=O)C(O)CC(=O)[O-].[Na+]. The van der Waals surface area contributed by atoms with E-state index in [-0.39, 0.29) is 36.0 Å². The van der Waals surface area contributed by atoms with Gasteiger partial charge in [-0.05, 0) is 6.42 Å². The van der Waals surface area contributed by atoms with E-state index in [9.17, 15) is 19.5 Å². The quantitative estimate of drug-likeness (QED) is 0.189. The standard InChI is InChI=1S/C16H28O6.Na/c1-2-3-4-5-6-7-8-9-10-11-15(20)22-16(21)13(17)12-14(18)19;/h13,17H,2-12H2,1H3,(H,18,19);/q;+1/p-1. The number of ether oxygens (including phenoxy) is 1. The van der Waals surface area contributed by atoms with Crippen molar-refractivity contribution >= 4 is 17.9 Å². The molecule has 0 aromatic heterocycles. The van der Waals surface area contributed by atoms with Gasteiger partial charge in [-0.3, -0.25) is 4.79 Å². The molecule has 0 heterocycles. The maximum absolute atomic E-state index is 11.3. The third-order valence-corrected chi connectivity index (χ3v) is 3.33. The van der Waals surface area contributed by atoms with Gasteiger partial charge >= 0.3 is 41.5 Å². The summed E-state index contributed by atoms with van der Waals surface area (Å²) in [5.41, 5.74) is 0. The molecule has 0 aliphatic rings. The van der Waals surface area contributed by atoms with Gasteiger partial charge in [-0.25, -0.2) is 4.79 Å². The first-order valence-corrected chi connectivity index (χ1v) is 8.09. The third kappa shape index (κ3) is 16.2. The van der Waals surface area contributed by atoms with Crippen LogP contribution in [0.2, 0.25) is 0 Å². The molecule has 7 heteroatoms. The van der Waals surface area contributed by atoms with E-state index in [1.54, 1.807) is 0 Å². The number of hydrogen-bond donors (Lipinski definition) is 1. The summed E-state index contributed by atoms with van der Waals surface area (Å²) in [5, 5.41) is 19.3. The van der Waals surface area contributed by atoms with Crippen LogP contribution in [0.4, 0.5) is 0 Å². The van der Waals surface area contributed by atoms with Crippen molar-refractivity contribution in [3.05, 3.63) is 0 Å². The third-order valence-electron chi connectivity index (χ3n) is 3.33. The molecule has 0 spiro atoms. The maximum Gasteiger partial charge on any atom is 1.00 e. The summed E-state index contributed by atoms with van der Waals surface area (Å²) >= 11 is 0. The number of unbranched alkanes of at least 4 members (excludes halogenated alkanes) is 8. The van der Waals surface area contributed by atoms with Crippen LogP contribution in [-0.4, -0.2) is 29.1 Å². The number of aliphatic carboxylic acids is 1. The minimum absolute atomic E-state index is 0. The molecule has 0 rings (SSSR count). The first-order chi connectivity index (χ1) is 10.5. The van der Waals surface area contributed by atoms with E-state index in [0.29, 0.717) is 6.42 Å². The van der Waals surface area contributed by atoms with Gasteiger partial charge in [0.25, 0.3) is 0 Å². The number of carbonyl (C=O) groups excluding carboxylic acids is 3. The molecule has 23 heavy (non-hydrogen) atoms. The smallest absolute Gasteiger partial charge is 0.550 e. The van der Waals surface area contributed by atoms with Gasteiger partial charge in [0.15, 0.2) is 6.10 Å². The minimum atomic E-state index is -1.85. The number of aliphatic hydroxyl groups is 1. The van der Waals surface area contributed by atoms with Crippen LogP contribution in [0.1, 0.15) is 77.6 Å². The van der Waals surface area contributed by atoms with Crippen LogP contribution >= 0.6 is 0 Å². The van der Waals surface area contributed by atoms with Gasteiger partial charge in [-0.2, -0.15) is 0 Å². The number of carboxylic acids is 1. The Bertz CT molecular complexity index is 345. The Morgan fingerprint density at radius 2 is 1.43 bits per heavy atom. The summed E-state index contributed by atoms with van der Waals surface area (Å²) in [4.78, 5) is 32.7. The molecule has 128 valence electrons. The molecule has 6 nitrogen and oxygen atoms in total. The van der Waals surface area contributed by atoms with Crippen molar-refractivity contribution in [1.29, 1.82) is 0 Å². The van der Waals surface area contributed by atoms with E-state index in [0.717, 1.165) is 19.3 Å². The summed E-state index contributed by atoms with van der Waals surface area (Å²) in [5.74, 6) is -3.54. The first-order valence-electron chi connectivity index (χ1n) is 8.09. The minimum Gasteiger partial charge on any atom is -0.550 e. The molecule has 0 fully saturated rings. The van der Waals surface area contributed by atoms with Gasteiger partial charge in [-0.1, -0.05) is 58.3 Å². The number of hydrogen-bond acceptors (Lipinski definition) is 6. The first kappa shape index (κ1) is 24.8. The molecule has 0 aliphatic carbocycles. The monoisotopic (exact) mass is 338 g/mol. The fraction of sp³-hybridized carbons (Fsp3) is 0.812. The molecular weight excluding hydrogens is 311 g/mol. The Morgan fingerprint density at radius 1 is 0.957 bits per heavy atom. The van der Waals surface area contributed by atoms with Crippen molar-refractivity contribution in [2.45, 2.75) is 83.7 Å². The average Bonchev–Trinajstić information content (AvgIpc) is 2.44. The summed E-state index contributed by atoms with van der Waals surface area (Å²) in [6.07, 6.45) is 7.32. The molecule has 0 amide bonds. The van der Waals surface area contributed by atoms with Gasteiger partial charge in [0.05, 0.1) is 0 Å². The fourth-order valence-corrected chi connectivity index (χ4v) is 2.05. The van der Waals surface area contributed by atoms with E-state index in [4.69, 9.17) is 5.11 Å². The molecule has 0 radical (unpaired) electrons. The van der Waals surface area contributed by atoms with Crippen molar-refractivity contribution in [3.8, 4) is 0 Å². The van der Waals surface area contributed by atoms with E-state index in [1.165, 1.54) is 32.1 Å². The number of esters is 2. The fourth-order valence-electron chi connectivity index (χ4n) is 2.05. The summed E-state index contributed by atoms with van der Waals surface area (Å²) in [6, 6.07) is 0. The number of rotatable bonds is 13. The van der Waals surface area contributed by atoms with Crippen LogP contribution in [0.25, 0.3) is 0 Å². The number of aliphatic hydroxyl groups excluding tert-OH is 1. The van der Waals surface area contributed by atoms with Crippen molar-refractivity contribution < 1.29 is 58.9 Å². The molecule has 0 saturated carbocycles. The molecule has 0 bridgehead atoms. The zero-order valence-corrected chi connectivity index (χ0v) is 16.3. The normalized spacial score (nSPS) is 11.4. The molecule has 1 atom stereocenters. The summed E-state index contributed by atoms with van der Waals surface area (Å²) in [7, 11) is 0. The molecule has 0 aromatic rings. The van der Waals surface area contributed by atoms with Crippen LogP contribution in [0.5, 0.6) is 0 Å². The van der Waals surface area contributed by atoms with Crippen LogP contribution in [0.3, 0.4) is 0 Å². The van der Waals surface area contributed by atoms with Crippen LogP contribution in [-0.2, 0) is 19.1 Å². The molecule has 0 saturated heterocycles. The molecular formula is C16H27NaO6. The van der Waals surface area contributed by atoms with Crippen molar-refractivity contribution in [2.75, 3.05) is 0 Å². The second-order valence-electron chi connectivity index (χ2n) is 5.46. The largest absolute Gasteiger partial charge is 1.00 e. The van der Waals surface area contributed by atoms with Crippen molar-refractivity contribution in [3.63, 3.8) is 0 Å². The molecule has 1 unspecified atom stereocenters. The Balaban J connectivity index is 0. The van der Waals surface area contributed by atoms with Gasteiger partial charge < -0.3 is 19.7 Å². The summed E-state index contributed by atoms with van der Waals surface area (Å²) in [6.45, 7) is 2.18. The zero-order chi connectivity index (χ0) is 16.8. The maximum atomic E-state index is 11.3. The second kappa shape index (κ2) is 16.4. The van der Waals surface area contributed by atoms with Crippen molar-refractivity contribution in [1.82, 2.24) is 0 Å². The molecule has 0 aliphatic heterocycles. The number of carbonyl (C=O) groups is 3. The van der Waals surface area contributed by atoms with Gasteiger partial charge in [0, 0.05) is 18.8 Å². The Labute approximate surface area is 160 Å². The summed E-state index contributed by atoms with van der Waals surface area (Å²) < 4.78 is 4.37. The Hall–Kier alpha value is -0.430. The Morgan fingerprint density at radius 3 is 1.91 bits per heavy atom. The van der Waals surface area contributed by atoms with Gasteiger partial charge in [-0.15, -0.1) is 0 Å². The predicted octanol–water partition coefficient (Wildman–Crippen LogP) is -1.52.